The van der Waals surface area contributed by atoms with Crippen LogP contribution >= 0.6 is 0 Å². The first-order valence-electron chi connectivity index (χ1n) is 9.30. The third kappa shape index (κ3) is 3.70. The van der Waals surface area contributed by atoms with E-state index in [2.05, 4.69) is 87.5 Å². The van der Waals surface area contributed by atoms with Crippen molar-refractivity contribution in [2.75, 3.05) is 0 Å². The lowest BCUT2D eigenvalue weighted by Crippen LogP contribution is -2.07. The molecule has 3 aromatic carbocycles. The van der Waals surface area contributed by atoms with Crippen LogP contribution in [0.15, 0.2) is 88.3 Å². The van der Waals surface area contributed by atoms with Crippen LogP contribution in [0.4, 0.5) is 0 Å². The number of fused-ring (bicyclic) bond motifs is 1. The highest BCUT2D eigenvalue weighted by atomic mass is 16.3. The van der Waals surface area contributed by atoms with Crippen molar-refractivity contribution < 1.29 is 4.42 Å². The van der Waals surface area contributed by atoms with Gasteiger partial charge in [-0.2, -0.15) is 0 Å². The van der Waals surface area contributed by atoms with Crippen LogP contribution in [-0.2, 0) is 0 Å². The molecule has 2 heteroatoms. The van der Waals surface area contributed by atoms with Crippen LogP contribution in [0.25, 0.3) is 22.3 Å². The average molecular weight is 353 g/mol. The zero-order chi connectivity index (χ0) is 18.8. The summed E-state index contributed by atoms with van der Waals surface area (Å²) in [6.07, 6.45) is 0. The summed E-state index contributed by atoms with van der Waals surface area (Å²) in [5.74, 6) is 0.838. The van der Waals surface area contributed by atoms with Gasteiger partial charge in [0.25, 0.3) is 0 Å². The van der Waals surface area contributed by atoms with Gasteiger partial charge in [0.05, 0.1) is 11.4 Å². The third-order valence-electron chi connectivity index (χ3n) is 4.85. The number of aryl methyl sites for hydroxylation is 2. The number of hydrogen-bond donors (Lipinski definition) is 0. The molecule has 134 valence electrons. The van der Waals surface area contributed by atoms with Crippen molar-refractivity contribution in [3.8, 4) is 11.3 Å². The monoisotopic (exact) mass is 353 g/mol. The highest BCUT2D eigenvalue weighted by Gasteiger charge is 2.08. The van der Waals surface area contributed by atoms with E-state index in [4.69, 9.17) is 9.41 Å². The van der Waals surface area contributed by atoms with Crippen molar-refractivity contribution in [2.45, 2.75) is 26.8 Å². The molecule has 0 aliphatic heterocycles. The SMILES string of the molecule is Cc1ccc(-c2cc(=N[C@H](C)c3ccccc3)c3cc(C)ccc3o2)cc1. The largest absolute Gasteiger partial charge is 0.456 e. The van der Waals surface area contributed by atoms with E-state index < -0.39 is 0 Å². The summed E-state index contributed by atoms with van der Waals surface area (Å²) < 4.78 is 6.21. The van der Waals surface area contributed by atoms with E-state index in [9.17, 15) is 0 Å². The lowest BCUT2D eigenvalue weighted by molar-refractivity contribution is 0.617. The molecular formula is C25H23NO. The quantitative estimate of drug-likeness (QED) is 0.419. The van der Waals surface area contributed by atoms with E-state index in [1.807, 2.05) is 12.1 Å². The fraction of sp³-hybridized carbons (Fsp3) is 0.160. The summed E-state index contributed by atoms with van der Waals surface area (Å²) >= 11 is 0. The first-order chi connectivity index (χ1) is 13.1. The van der Waals surface area contributed by atoms with Crippen molar-refractivity contribution in [1.82, 2.24) is 0 Å². The van der Waals surface area contributed by atoms with Crippen LogP contribution < -0.4 is 5.36 Å². The fourth-order valence-corrected chi connectivity index (χ4v) is 3.26. The molecule has 0 aliphatic rings. The van der Waals surface area contributed by atoms with Gasteiger partial charge in [-0.3, -0.25) is 4.99 Å². The molecule has 1 atom stereocenters. The maximum absolute atomic E-state index is 6.21. The topological polar surface area (TPSA) is 25.5 Å². The molecule has 0 N–H and O–H groups in total. The van der Waals surface area contributed by atoms with Crippen molar-refractivity contribution >= 4 is 11.0 Å². The molecule has 1 heterocycles. The Labute approximate surface area is 159 Å². The summed E-state index contributed by atoms with van der Waals surface area (Å²) in [6, 6.07) is 27.2. The standard InChI is InChI=1S/C25H23NO/c1-17-9-12-21(13-10-17)25-16-23(22-15-18(2)11-14-24(22)27-25)26-19(3)20-7-5-4-6-8-20/h4-16,19H,1-3H3/t19-/m1/s1. The highest BCUT2D eigenvalue weighted by molar-refractivity contribution is 5.79. The van der Waals surface area contributed by atoms with Crippen LogP contribution in [0.3, 0.4) is 0 Å². The second kappa shape index (κ2) is 7.24. The van der Waals surface area contributed by atoms with Gasteiger partial charge in [-0.25, -0.2) is 0 Å². The lowest BCUT2D eigenvalue weighted by Gasteiger charge is -2.09. The van der Waals surface area contributed by atoms with Gasteiger partial charge >= 0.3 is 0 Å². The minimum atomic E-state index is 0.0724. The lowest BCUT2D eigenvalue weighted by atomic mass is 10.1. The molecule has 1 aromatic heterocycles. The van der Waals surface area contributed by atoms with Crippen molar-refractivity contribution in [3.05, 3.63) is 101 Å². The average Bonchev–Trinajstić information content (AvgIpc) is 2.69. The fourth-order valence-electron chi connectivity index (χ4n) is 3.26. The molecular weight excluding hydrogens is 330 g/mol. The summed E-state index contributed by atoms with van der Waals surface area (Å²) in [6.45, 7) is 6.32. The van der Waals surface area contributed by atoms with Crippen LogP contribution in [0.5, 0.6) is 0 Å². The zero-order valence-electron chi connectivity index (χ0n) is 15.9. The Morgan fingerprint density at radius 1 is 0.778 bits per heavy atom. The Hall–Kier alpha value is -3.13. The Morgan fingerprint density at radius 2 is 1.48 bits per heavy atom. The molecule has 27 heavy (non-hydrogen) atoms. The molecule has 0 saturated heterocycles. The van der Waals surface area contributed by atoms with Crippen molar-refractivity contribution in [2.24, 2.45) is 4.99 Å². The number of hydrogen-bond acceptors (Lipinski definition) is 2. The minimum absolute atomic E-state index is 0.0724. The Balaban J connectivity index is 1.92. The Morgan fingerprint density at radius 3 is 2.22 bits per heavy atom. The molecule has 0 amide bonds. The smallest absolute Gasteiger partial charge is 0.136 e. The molecule has 0 aliphatic carbocycles. The van der Waals surface area contributed by atoms with E-state index in [0.29, 0.717) is 0 Å². The predicted molar refractivity (Wildman–Crippen MR) is 112 cm³/mol. The second-order valence-electron chi connectivity index (χ2n) is 7.08. The molecule has 4 aromatic rings. The van der Waals surface area contributed by atoms with E-state index >= 15 is 0 Å². The van der Waals surface area contributed by atoms with Gasteiger partial charge in [0, 0.05) is 17.0 Å². The van der Waals surface area contributed by atoms with Gasteiger partial charge in [-0.15, -0.1) is 0 Å². The summed E-state index contributed by atoms with van der Waals surface area (Å²) in [4.78, 5) is 5.04. The molecule has 0 bridgehead atoms. The summed E-state index contributed by atoms with van der Waals surface area (Å²) in [5.41, 5.74) is 5.56. The van der Waals surface area contributed by atoms with Gasteiger partial charge < -0.3 is 4.42 Å². The van der Waals surface area contributed by atoms with Crippen LogP contribution in [-0.4, -0.2) is 0 Å². The second-order valence-corrected chi connectivity index (χ2v) is 7.08. The Kier molecular flexibility index (Phi) is 4.64. The first kappa shape index (κ1) is 17.3. The van der Waals surface area contributed by atoms with Gasteiger partial charge in [0.15, 0.2) is 0 Å². The third-order valence-corrected chi connectivity index (χ3v) is 4.85. The molecule has 0 saturated carbocycles. The zero-order valence-corrected chi connectivity index (χ0v) is 15.9. The van der Waals surface area contributed by atoms with E-state index in [-0.39, 0.29) is 6.04 Å². The van der Waals surface area contributed by atoms with Crippen LogP contribution in [0.2, 0.25) is 0 Å². The molecule has 0 fully saturated rings. The normalized spacial score (nSPS) is 13.1. The number of nitrogens with zero attached hydrogens (tertiary/aromatic N) is 1. The molecule has 4 rings (SSSR count). The first-order valence-corrected chi connectivity index (χ1v) is 9.30. The van der Waals surface area contributed by atoms with E-state index in [1.165, 1.54) is 16.7 Å². The highest BCUT2D eigenvalue weighted by Crippen LogP contribution is 2.24. The van der Waals surface area contributed by atoms with Crippen molar-refractivity contribution in [3.63, 3.8) is 0 Å². The number of rotatable bonds is 3. The summed E-state index contributed by atoms with van der Waals surface area (Å²) in [7, 11) is 0. The molecule has 2 nitrogen and oxygen atoms in total. The number of benzene rings is 3. The maximum atomic E-state index is 6.21. The molecule has 0 unspecified atom stereocenters. The van der Waals surface area contributed by atoms with Crippen LogP contribution in [0, 0.1) is 13.8 Å². The van der Waals surface area contributed by atoms with Gasteiger partial charge in [0.2, 0.25) is 0 Å². The van der Waals surface area contributed by atoms with Gasteiger partial charge in [-0.05, 0) is 38.5 Å². The van der Waals surface area contributed by atoms with Crippen LogP contribution in [0.1, 0.15) is 29.7 Å². The van der Waals surface area contributed by atoms with E-state index in [1.54, 1.807) is 0 Å². The Bertz CT molecular complexity index is 1140. The van der Waals surface area contributed by atoms with Crippen molar-refractivity contribution in [1.29, 1.82) is 0 Å². The molecule has 0 radical (unpaired) electrons. The predicted octanol–water partition coefficient (Wildman–Crippen LogP) is 6.38. The van der Waals surface area contributed by atoms with E-state index in [0.717, 1.165) is 27.7 Å². The van der Waals surface area contributed by atoms with Gasteiger partial charge in [-0.1, -0.05) is 71.8 Å². The summed E-state index contributed by atoms with van der Waals surface area (Å²) in [5, 5.41) is 2.01. The minimum Gasteiger partial charge on any atom is -0.456 e. The maximum Gasteiger partial charge on any atom is 0.136 e. The van der Waals surface area contributed by atoms with Gasteiger partial charge in [0.1, 0.15) is 11.3 Å². The molecule has 0 spiro atoms.